The molecule has 0 aliphatic heterocycles. The molecule has 0 radical (unpaired) electrons. The van der Waals surface area contributed by atoms with E-state index < -0.39 is 35.5 Å². The zero-order chi connectivity index (χ0) is 14.9. The Morgan fingerprint density at radius 3 is 2.47 bits per heavy atom. The van der Waals surface area contributed by atoms with Crippen molar-refractivity contribution < 1.29 is 27.8 Å². The van der Waals surface area contributed by atoms with Crippen molar-refractivity contribution in [2.75, 3.05) is 6.61 Å². The summed E-state index contributed by atoms with van der Waals surface area (Å²) < 4.78 is 43.2. The highest BCUT2D eigenvalue weighted by molar-refractivity contribution is 5.77. The normalized spacial score (nSPS) is 29.1. The summed E-state index contributed by atoms with van der Waals surface area (Å²) in [5.41, 5.74) is -3.01. The lowest BCUT2D eigenvalue weighted by atomic mass is 9.64. The molecule has 0 heterocycles. The average molecular weight is 282 g/mol. The first kappa shape index (κ1) is 16.3. The highest BCUT2D eigenvalue weighted by Gasteiger charge is 2.56. The van der Waals surface area contributed by atoms with Crippen molar-refractivity contribution in [1.82, 2.24) is 0 Å². The Kier molecular flexibility index (Phi) is 4.55. The quantitative estimate of drug-likeness (QED) is 0.809. The van der Waals surface area contributed by atoms with Crippen LogP contribution in [0.25, 0.3) is 0 Å². The van der Waals surface area contributed by atoms with E-state index in [2.05, 4.69) is 0 Å². The van der Waals surface area contributed by atoms with E-state index in [1.54, 1.807) is 6.92 Å². The number of alkyl halides is 3. The smallest absolute Gasteiger partial charge is 0.391 e. The summed E-state index contributed by atoms with van der Waals surface area (Å²) in [4.78, 5) is 11.9. The maximum absolute atomic E-state index is 12.8. The molecule has 1 rings (SSSR count). The van der Waals surface area contributed by atoms with Crippen LogP contribution in [0.4, 0.5) is 13.2 Å². The Bertz CT molecular complexity index is 339. The minimum absolute atomic E-state index is 0.00468. The number of ether oxygens (including phenoxy) is 1. The van der Waals surface area contributed by atoms with Crippen molar-refractivity contribution in [3.05, 3.63) is 0 Å². The molecule has 2 unspecified atom stereocenters. The van der Waals surface area contributed by atoms with Gasteiger partial charge in [0.2, 0.25) is 0 Å². The van der Waals surface area contributed by atoms with Crippen LogP contribution in [0, 0.1) is 11.3 Å². The van der Waals surface area contributed by atoms with E-state index in [-0.39, 0.29) is 25.9 Å². The number of rotatable bonds is 3. The molecule has 0 aromatic heterocycles. The van der Waals surface area contributed by atoms with E-state index in [9.17, 15) is 23.1 Å². The van der Waals surface area contributed by atoms with E-state index in [0.717, 1.165) is 0 Å². The van der Waals surface area contributed by atoms with Crippen LogP contribution in [-0.4, -0.2) is 29.5 Å². The topological polar surface area (TPSA) is 46.5 Å². The van der Waals surface area contributed by atoms with Crippen LogP contribution >= 0.6 is 0 Å². The molecule has 19 heavy (non-hydrogen) atoms. The summed E-state index contributed by atoms with van der Waals surface area (Å²) in [5, 5.41) is 10.5. The van der Waals surface area contributed by atoms with Gasteiger partial charge in [0, 0.05) is 0 Å². The zero-order valence-electron chi connectivity index (χ0n) is 11.5. The molecule has 6 heteroatoms. The van der Waals surface area contributed by atoms with Crippen molar-refractivity contribution in [3.63, 3.8) is 0 Å². The predicted molar refractivity (Wildman–Crippen MR) is 63.4 cm³/mol. The molecule has 0 bridgehead atoms. The van der Waals surface area contributed by atoms with E-state index >= 15 is 0 Å². The molecule has 1 saturated carbocycles. The lowest BCUT2D eigenvalue weighted by Crippen LogP contribution is -2.54. The number of carbonyl (C=O) groups is 1. The Hall–Kier alpha value is -0.780. The Morgan fingerprint density at radius 1 is 1.42 bits per heavy atom. The number of hydrogen-bond acceptors (Lipinski definition) is 3. The van der Waals surface area contributed by atoms with E-state index in [4.69, 9.17) is 4.74 Å². The molecule has 0 amide bonds. The van der Waals surface area contributed by atoms with Gasteiger partial charge >= 0.3 is 12.1 Å². The summed E-state index contributed by atoms with van der Waals surface area (Å²) >= 11 is 0. The van der Waals surface area contributed by atoms with Crippen molar-refractivity contribution in [1.29, 1.82) is 0 Å². The predicted octanol–water partition coefficient (Wildman–Crippen LogP) is 3.06. The van der Waals surface area contributed by atoms with Gasteiger partial charge in [0.1, 0.15) is 0 Å². The number of esters is 1. The first-order valence-corrected chi connectivity index (χ1v) is 6.51. The second-order valence-corrected chi connectivity index (χ2v) is 5.71. The maximum atomic E-state index is 12.8. The summed E-state index contributed by atoms with van der Waals surface area (Å²) in [6.07, 6.45) is -4.33. The molecule has 1 fully saturated rings. The SMILES string of the molecule is CCOC(=O)C(C)(C)C1(O)CCCC(C(F)(F)F)C1. The van der Waals surface area contributed by atoms with E-state index in [1.165, 1.54) is 13.8 Å². The first-order chi connectivity index (χ1) is 8.54. The van der Waals surface area contributed by atoms with Crippen LogP contribution in [0.5, 0.6) is 0 Å². The molecule has 0 aromatic carbocycles. The van der Waals surface area contributed by atoms with Crippen LogP contribution in [0.2, 0.25) is 0 Å². The van der Waals surface area contributed by atoms with Crippen LogP contribution < -0.4 is 0 Å². The maximum Gasteiger partial charge on any atom is 0.391 e. The Balaban J connectivity index is 2.93. The second-order valence-electron chi connectivity index (χ2n) is 5.71. The summed E-state index contributed by atoms with van der Waals surface area (Å²) in [5.74, 6) is -2.21. The summed E-state index contributed by atoms with van der Waals surface area (Å²) in [6, 6.07) is 0. The van der Waals surface area contributed by atoms with Crippen molar-refractivity contribution in [2.24, 2.45) is 11.3 Å². The molecular weight excluding hydrogens is 261 g/mol. The molecule has 3 nitrogen and oxygen atoms in total. The van der Waals surface area contributed by atoms with Crippen LogP contribution in [-0.2, 0) is 9.53 Å². The van der Waals surface area contributed by atoms with Gasteiger partial charge < -0.3 is 9.84 Å². The molecule has 2 atom stereocenters. The number of hydrogen-bond donors (Lipinski definition) is 1. The molecule has 0 spiro atoms. The fourth-order valence-electron chi connectivity index (χ4n) is 2.60. The average Bonchev–Trinajstić information content (AvgIpc) is 2.28. The van der Waals surface area contributed by atoms with Crippen LogP contribution in [0.15, 0.2) is 0 Å². The third kappa shape index (κ3) is 3.22. The highest BCUT2D eigenvalue weighted by Crippen LogP contribution is 2.49. The van der Waals surface area contributed by atoms with E-state index in [1.807, 2.05) is 0 Å². The van der Waals surface area contributed by atoms with Gasteiger partial charge in [-0.25, -0.2) is 0 Å². The highest BCUT2D eigenvalue weighted by atomic mass is 19.4. The number of aliphatic hydroxyl groups is 1. The van der Waals surface area contributed by atoms with Crippen molar-refractivity contribution in [2.45, 2.75) is 58.2 Å². The van der Waals surface area contributed by atoms with E-state index in [0.29, 0.717) is 0 Å². The van der Waals surface area contributed by atoms with Gasteiger partial charge in [-0.05, 0) is 46.5 Å². The second kappa shape index (κ2) is 5.31. The standard InChI is InChI=1S/C13H21F3O3/c1-4-19-10(17)11(2,3)12(18)7-5-6-9(8-12)13(14,15)16/h9,18H,4-8H2,1-3H3. The summed E-state index contributed by atoms with van der Waals surface area (Å²) in [6.45, 7) is 4.66. The molecule has 0 saturated heterocycles. The fraction of sp³-hybridized carbons (Fsp3) is 0.923. The van der Waals surface area contributed by atoms with Crippen LogP contribution in [0.3, 0.4) is 0 Å². The number of carbonyl (C=O) groups excluding carboxylic acids is 1. The van der Waals surface area contributed by atoms with Gasteiger partial charge in [-0.1, -0.05) is 0 Å². The third-order valence-electron chi connectivity index (χ3n) is 4.14. The third-order valence-corrected chi connectivity index (χ3v) is 4.14. The first-order valence-electron chi connectivity index (χ1n) is 6.51. The van der Waals surface area contributed by atoms with Gasteiger partial charge in [0.25, 0.3) is 0 Å². The zero-order valence-corrected chi connectivity index (χ0v) is 11.5. The van der Waals surface area contributed by atoms with Gasteiger partial charge in [0.15, 0.2) is 0 Å². The largest absolute Gasteiger partial charge is 0.465 e. The molecule has 1 aliphatic rings. The monoisotopic (exact) mass is 282 g/mol. The van der Waals surface area contributed by atoms with Gasteiger partial charge in [-0.15, -0.1) is 0 Å². The summed E-state index contributed by atoms with van der Waals surface area (Å²) in [7, 11) is 0. The molecule has 1 N–H and O–H groups in total. The van der Waals surface area contributed by atoms with Gasteiger partial charge in [-0.2, -0.15) is 13.2 Å². The molecule has 1 aliphatic carbocycles. The minimum atomic E-state index is -4.33. The number of halogens is 3. The van der Waals surface area contributed by atoms with Crippen molar-refractivity contribution in [3.8, 4) is 0 Å². The fourth-order valence-corrected chi connectivity index (χ4v) is 2.60. The van der Waals surface area contributed by atoms with Crippen molar-refractivity contribution >= 4 is 5.97 Å². The van der Waals surface area contributed by atoms with Crippen LogP contribution in [0.1, 0.15) is 46.5 Å². The lowest BCUT2D eigenvalue weighted by molar-refractivity contribution is -0.219. The Labute approximate surface area is 111 Å². The van der Waals surface area contributed by atoms with Gasteiger partial charge in [0.05, 0.1) is 23.5 Å². The molecule has 112 valence electrons. The lowest BCUT2D eigenvalue weighted by Gasteiger charge is -2.46. The Morgan fingerprint density at radius 2 is 2.00 bits per heavy atom. The minimum Gasteiger partial charge on any atom is -0.465 e. The van der Waals surface area contributed by atoms with Gasteiger partial charge in [-0.3, -0.25) is 4.79 Å². The molecule has 0 aromatic rings. The molecular formula is C13H21F3O3.